The number of nitro benzene ring substituents is 1. The smallest absolute Gasteiger partial charge is 0.303 e. The van der Waals surface area contributed by atoms with Gasteiger partial charge >= 0.3 is 5.97 Å². The Bertz CT molecular complexity index is 731. The molecule has 1 atom stereocenters. The summed E-state index contributed by atoms with van der Waals surface area (Å²) in [5.74, 6) is -0.281. The molecule has 0 heterocycles. The SMILES string of the molecule is CC(=O)OC(C)(C=O)CNCCCCCCOc1cccc([N+](=O)[O-])c1C#N. The minimum Gasteiger partial charge on any atom is -0.492 e. The predicted molar refractivity (Wildman–Crippen MR) is 101 cm³/mol. The van der Waals surface area contributed by atoms with Crippen molar-refractivity contribution in [3.05, 3.63) is 33.9 Å². The number of nitrogens with zero attached hydrogens (tertiary/aromatic N) is 2. The lowest BCUT2D eigenvalue weighted by atomic mass is 10.1. The van der Waals surface area contributed by atoms with E-state index in [0.29, 0.717) is 19.4 Å². The van der Waals surface area contributed by atoms with Gasteiger partial charge in [0.25, 0.3) is 5.69 Å². The minimum atomic E-state index is -1.16. The Morgan fingerprint density at radius 2 is 2.07 bits per heavy atom. The number of carbonyl (C=O) groups excluding carboxylic acids is 2. The van der Waals surface area contributed by atoms with Crippen LogP contribution in [-0.2, 0) is 14.3 Å². The molecule has 0 saturated carbocycles. The second-order valence-electron chi connectivity index (χ2n) is 6.48. The van der Waals surface area contributed by atoms with E-state index in [4.69, 9.17) is 14.7 Å². The van der Waals surface area contributed by atoms with Crippen LogP contribution in [0.25, 0.3) is 0 Å². The number of aldehydes is 1. The number of ether oxygens (including phenoxy) is 2. The maximum Gasteiger partial charge on any atom is 0.303 e. The van der Waals surface area contributed by atoms with Gasteiger partial charge in [-0.2, -0.15) is 5.26 Å². The monoisotopic (exact) mass is 391 g/mol. The normalized spacial score (nSPS) is 12.5. The number of hydrogen-bond donors (Lipinski definition) is 1. The first kappa shape index (κ1) is 23.0. The molecular formula is C19H25N3O6. The molecule has 0 saturated heterocycles. The first-order chi connectivity index (χ1) is 13.3. The number of benzene rings is 1. The number of rotatable bonds is 13. The molecule has 0 radical (unpaired) electrons. The molecule has 1 unspecified atom stereocenters. The third-order valence-electron chi connectivity index (χ3n) is 3.92. The van der Waals surface area contributed by atoms with Crippen molar-refractivity contribution in [1.29, 1.82) is 5.26 Å². The zero-order chi connectivity index (χ0) is 21.0. The van der Waals surface area contributed by atoms with Gasteiger partial charge in [-0.25, -0.2) is 0 Å². The molecule has 1 N–H and O–H groups in total. The van der Waals surface area contributed by atoms with Crippen molar-refractivity contribution in [2.24, 2.45) is 0 Å². The molecule has 0 amide bonds. The Kier molecular flexibility index (Phi) is 9.60. The standard InChI is InChI=1S/C19H25N3O6/c1-15(24)28-19(2,14-23)13-21-10-5-3-4-6-11-27-18-9-7-8-17(22(25)26)16(18)12-20/h7-9,14,21H,3-6,10-11,13H2,1-2H3. The topological polar surface area (TPSA) is 132 Å². The Morgan fingerprint density at radius 3 is 2.68 bits per heavy atom. The van der Waals surface area contributed by atoms with E-state index in [0.717, 1.165) is 25.7 Å². The molecule has 9 heteroatoms. The van der Waals surface area contributed by atoms with Gasteiger partial charge in [0.15, 0.2) is 17.5 Å². The summed E-state index contributed by atoms with van der Waals surface area (Å²) in [7, 11) is 0. The van der Waals surface area contributed by atoms with Crippen molar-refractivity contribution >= 4 is 17.9 Å². The second-order valence-corrected chi connectivity index (χ2v) is 6.48. The molecule has 1 aromatic carbocycles. The summed E-state index contributed by atoms with van der Waals surface area (Å²) >= 11 is 0. The highest BCUT2D eigenvalue weighted by Crippen LogP contribution is 2.27. The molecule has 28 heavy (non-hydrogen) atoms. The van der Waals surface area contributed by atoms with Crippen molar-refractivity contribution in [2.75, 3.05) is 19.7 Å². The van der Waals surface area contributed by atoms with E-state index >= 15 is 0 Å². The fourth-order valence-electron chi connectivity index (χ4n) is 2.56. The number of nitriles is 1. The highest BCUT2D eigenvalue weighted by molar-refractivity contribution is 5.72. The van der Waals surface area contributed by atoms with Gasteiger partial charge in [-0.15, -0.1) is 0 Å². The first-order valence-electron chi connectivity index (χ1n) is 9.00. The van der Waals surface area contributed by atoms with E-state index in [9.17, 15) is 19.7 Å². The van der Waals surface area contributed by atoms with Crippen LogP contribution >= 0.6 is 0 Å². The molecule has 0 aliphatic rings. The lowest BCUT2D eigenvalue weighted by Gasteiger charge is -2.23. The average Bonchev–Trinajstić information content (AvgIpc) is 2.65. The fraction of sp³-hybridized carbons (Fsp3) is 0.526. The van der Waals surface area contributed by atoms with Crippen LogP contribution < -0.4 is 10.1 Å². The summed E-state index contributed by atoms with van der Waals surface area (Å²) in [6, 6.07) is 6.12. The number of nitrogens with one attached hydrogen (secondary N) is 1. The Labute approximate surface area is 163 Å². The zero-order valence-corrected chi connectivity index (χ0v) is 16.1. The molecule has 0 aromatic heterocycles. The van der Waals surface area contributed by atoms with E-state index in [2.05, 4.69) is 5.32 Å². The van der Waals surface area contributed by atoms with Gasteiger partial charge in [0, 0.05) is 19.5 Å². The summed E-state index contributed by atoms with van der Waals surface area (Å²) in [5, 5.41) is 23.1. The van der Waals surface area contributed by atoms with Gasteiger partial charge in [-0.05, 0) is 32.4 Å². The van der Waals surface area contributed by atoms with Crippen molar-refractivity contribution in [2.45, 2.75) is 45.1 Å². The Hall–Kier alpha value is -2.99. The van der Waals surface area contributed by atoms with Gasteiger partial charge in [-0.3, -0.25) is 19.7 Å². The fourth-order valence-corrected chi connectivity index (χ4v) is 2.56. The van der Waals surface area contributed by atoms with Crippen LogP contribution in [0.15, 0.2) is 18.2 Å². The maximum atomic E-state index is 11.0. The molecule has 0 fully saturated rings. The first-order valence-corrected chi connectivity index (χ1v) is 9.00. The second kappa shape index (κ2) is 11.7. The molecule has 1 aromatic rings. The molecule has 0 bridgehead atoms. The van der Waals surface area contributed by atoms with Crippen LogP contribution in [0.5, 0.6) is 5.75 Å². The van der Waals surface area contributed by atoms with Crippen molar-refractivity contribution < 1.29 is 24.0 Å². The van der Waals surface area contributed by atoms with Crippen LogP contribution in [-0.4, -0.2) is 42.5 Å². The lowest BCUT2D eigenvalue weighted by molar-refractivity contribution is -0.385. The predicted octanol–water partition coefficient (Wildman–Crippen LogP) is 2.52. The van der Waals surface area contributed by atoms with Crippen LogP contribution in [0.3, 0.4) is 0 Å². The summed E-state index contributed by atoms with van der Waals surface area (Å²) in [6.07, 6.45) is 4.03. The highest BCUT2D eigenvalue weighted by atomic mass is 16.6. The van der Waals surface area contributed by atoms with Gasteiger partial charge in [0.2, 0.25) is 0 Å². The van der Waals surface area contributed by atoms with Gasteiger partial charge in [0.1, 0.15) is 11.8 Å². The van der Waals surface area contributed by atoms with E-state index in [1.807, 2.05) is 6.07 Å². The van der Waals surface area contributed by atoms with E-state index < -0.39 is 16.5 Å². The van der Waals surface area contributed by atoms with Crippen molar-refractivity contribution in [3.63, 3.8) is 0 Å². The number of carbonyl (C=O) groups is 2. The minimum absolute atomic E-state index is 0.0669. The summed E-state index contributed by atoms with van der Waals surface area (Å²) < 4.78 is 10.5. The summed E-state index contributed by atoms with van der Waals surface area (Å²) in [4.78, 5) is 32.3. The van der Waals surface area contributed by atoms with Crippen molar-refractivity contribution in [1.82, 2.24) is 5.32 Å². The van der Waals surface area contributed by atoms with E-state index in [-0.39, 0.29) is 23.5 Å². The lowest BCUT2D eigenvalue weighted by Crippen LogP contribution is -2.43. The van der Waals surface area contributed by atoms with Gasteiger partial charge < -0.3 is 14.8 Å². The molecule has 0 spiro atoms. The highest BCUT2D eigenvalue weighted by Gasteiger charge is 2.26. The molecule has 152 valence electrons. The largest absolute Gasteiger partial charge is 0.492 e. The third kappa shape index (κ3) is 7.72. The Balaban J connectivity index is 2.23. The van der Waals surface area contributed by atoms with E-state index in [1.165, 1.54) is 19.1 Å². The number of nitro groups is 1. The van der Waals surface area contributed by atoms with E-state index in [1.54, 1.807) is 13.0 Å². The summed E-state index contributed by atoms with van der Waals surface area (Å²) in [6.45, 7) is 4.10. The average molecular weight is 391 g/mol. The number of unbranched alkanes of at least 4 members (excludes halogenated alkanes) is 3. The van der Waals surface area contributed by atoms with Crippen LogP contribution in [0.4, 0.5) is 5.69 Å². The van der Waals surface area contributed by atoms with Crippen LogP contribution in [0, 0.1) is 21.4 Å². The molecular weight excluding hydrogens is 366 g/mol. The number of esters is 1. The third-order valence-corrected chi connectivity index (χ3v) is 3.92. The molecule has 0 aliphatic carbocycles. The number of hydrogen-bond acceptors (Lipinski definition) is 8. The van der Waals surface area contributed by atoms with Gasteiger partial charge in [-0.1, -0.05) is 18.9 Å². The van der Waals surface area contributed by atoms with Crippen LogP contribution in [0.2, 0.25) is 0 Å². The van der Waals surface area contributed by atoms with Gasteiger partial charge in [0.05, 0.1) is 11.5 Å². The Morgan fingerprint density at radius 1 is 1.36 bits per heavy atom. The zero-order valence-electron chi connectivity index (χ0n) is 16.1. The summed E-state index contributed by atoms with van der Waals surface area (Å²) in [5.41, 5.74) is -1.49. The quantitative estimate of drug-likeness (QED) is 0.178. The molecule has 0 aliphatic heterocycles. The van der Waals surface area contributed by atoms with Crippen molar-refractivity contribution in [3.8, 4) is 11.8 Å². The van der Waals surface area contributed by atoms with Crippen LogP contribution in [0.1, 0.15) is 45.1 Å². The molecule has 9 nitrogen and oxygen atoms in total. The maximum absolute atomic E-state index is 11.0. The molecule has 1 rings (SSSR count).